The van der Waals surface area contributed by atoms with E-state index >= 15 is 0 Å². The van der Waals surface area contributed by atoms with E-state index in [1.54, 1.807) is 0 Å². The van der Waals surface area contributed by atoms with Crippen LogP contribution in [0.2, 0.25) is 5.02 Å². The minimum Gasteiger partial charge on any atom is -0.486 e. The maximum absolute atomic E-state index is 13.6. The van der Waals surface area contributed by atoms with Gasteiger partial charge in [0, 0.05) is 17.2 Å². The second-order valence-electron chi connectivity index (χ2n) is 4.76. The van der Waals surface area contributed by atoms with Crippen molar-refractivity contribution in [3.8, 4) is 5.75 Å². The second kappa shape index (κ2) is 7.69. The number of hydrogen-bond acceptors (Lipinski definition) is 3. The number of carbonyl (C=O) groups excluding carboxylic acids is 1. The zero-order valence-electron chi connectivity index (χ0n) is 12.3. The fraction of sp³-hybridized carbons (Fsp3) is 0.133. The first-order valence-electron chi connectivity index (χ1n) is 6.56. The van der Waals surface area contributed by atoms with E-state index in [0.717, 1.165) is 12.1 Å². The van der Waals surface area contributed by atoms with Crippen LogP contribution in [0.15, 0.2) is 30.3 Å². The minimum absolute atomic E-state index is 0.0308. The number of nitrogens with one attached hydrogen (secondary N) is 1. The Morgan fingerprint density at radius 3 is 2.62 bits per heavy atom. The first-order valence-corrected chi connectivity index (χ1v) is 8.05. The second-order valence-corrected chi connectivity index (χ2v) is 5.87. The molecule has 24 heavy (non-hydrogen) atoms. The highest BCUT2D eigenvalue weighted by Crippen LogP contribution is 2.30. The molecule has 0 radical (unpaired) electrons. The highest BCUT2D eigenvalue weighted by Gasteiger charge is 2.15. The van der Waals surface area contributed by atoms with Gasteiger partial charge in [-0.2, -0.15) is 0 Å². The van der Waals surface area contributed by atoms with Crippen molar-refractivity contribution >= 4 is 34.3 Å². The molecule has 2 N–H and O–H groups in total. The fourth-order valence-electron chi connectivity index (χ4n) is 1.93. The molecule has 1 unspecified atom stereocenters. The first-order chi connectivity index (χ1) is 11.3. The van der Waals surface area contributed by atoms with Gasteiger partial charge in [0.05, 0.1) is 10.7 Å². The number of halogens is 3. The fourth-order valence-corrected chi connectivity index (χ4v) is 2.69. The maximum atomic E-state index is 13.6. The topological polar surface area (TPSA) is 75.6 Å². The van der Waals surface area contributed by atoms with Crippen LogP contribution < -0.4 is 9.46 Å². The maximum Gasteiger partial charge on any atom is 0.259 e. The molecule has 5 nitrogen and oxygen atoms in total. The molecule has 0 heterocycles. The third-order valence-corrected chi connectivity index (χ3v) is 3.72. The van der Waals surface area contributed by atoms with Crippen molar-refractivity contribution in [2.45, 2.75) is 13.5 Å². The van der Waals surface area contributed by atoms with Crippen LogP contribution in [-0.4, -0.2) is 14.5 Å². The van der Waals surface area contributed by atoms with Gasteiger partial charge < -0.3 is 4.74 Å². The summed E-state index contributed by atoms with van der Waals surface area (Å²) in [6.07, 6.45) is 0. The molecule has 128 valence electrons. The number of hydrogen-bond donors (Lipinski definition) is 2. The number of ketones is 1. The first kappa shape index (κ1) is 18.3. The smallest absolute Gasteiger partial charge is 0.259 e. The molecule has 0 aliphatic carbocycles. The van der Waals surface area contributed by atoms with Crippen molar-refractivity contribution in [3.63, 3.8) is 0 Å². The highest BCUT2D eigenvalue weighted by molar-refractivity contribution is 7.80. The van der Waals surface area contributed by atoms with E-state index in [1.165, 1.54) is 19.1 Å². The van der Waals surface area contributed by atoms with Crippen molar-refractivity contribution in [1.29, 1.82) is 0 Å². The minimum atomic E-state index is -2.41. The molecule has 1 atom stereocenters. The molecule has 2 rings (SSSR count). The molecular weight excluding hydrogens is 364 g/mol. The van der Waals surface area contributed by atoms with E-state index in [1.807, 2.05) is 0 Å². The van der Waals surface area contributed by atoms with Crippen LogP contribution in [-0.2, 0) is 17.9 Å². The van der Waals surface area contributed by atoms with Crippen molar-refractivity contribution in [2.24, 2.45) is 0 Å². The normalized spacial score (nSPS) is 11.9. The predicted molar refractivity (Wildman–Crippen MR) is 86.5 cm³/mol. The Labute approximate surface area is 144 Å². The third kappa shape index (κ3) is 4.50. The van der Waals surface area contributed by atoms with Crippen molar-refractivity contribution in [2.75, 3.05) is 4.72 Å². The van der Waals surface area contributed by atoms with Gasteiger partial charge in [-0.3, -0.25) is 14.1 Å². The molecule has 0 bridgehead atoms. The van der Waals surface area contributed by atoms with Gasteiger partial charge in [-0.15, -0.1) is 0 Å². The van der Waals surface area contributed by atoms with E-state index in [-0.39, 0.29) is 40.0 Å². The van der Waals surface area contributed by atoms with Crippen molar-refractivity contribution in [1.82, 2.24) is 0 Å². The molecule has 0 aliphatic heterocycles. The molecule has 0 fully saturated rings. The molecular formula is C15H12ClF2NO4S. The van der Waals surface area contributed by atoms with Gasteiger partial charge in [0.15, 0.2) is 17.3 Å². The third-order valence-electron chi connectivity index (χ3n) is 3.04. The monoisotopic (exact) mass is 375 g/mol. The molecule has 2 aromatic rings. The number of Topliss-reactive ketones (excluding diaryl/α,β-unsaturated/α-hetero) is 1. The molecule has 0 amide bonds. The molecule has 0 saturated heterocycles. The summed E-state index contributed by atoms with van der Waals surface area (Å²) in [5, 5.41) is 0.0308. The summed E-state index contributed by atoms with van der Waals surface area (Å²) in [5.41, 5.74) is 0.594. The summed E-state index contributed by atoms with van der Waals surface area (Å²) in [6, 6.07) is 5.54. The van der Waals surface area contributed by atoms with E-state index in [9.17, 15) is 17.8 Å². The number of benzene rings is 2. The Morgan fingerprint density at radius 2 is 2.04 bits per heavy atom. The van der Waals surface area contributed by atoms with Crippen LogP contribution in [0.4, 0.5) is 14.5 Å². The van der Waals surface area contributed by atoms with Gasteiger partial charge in [-0.05, 0) is 31.2 Å². The standard InChI is InChI=1S/C15H12ClF2NO4S/c1-8(20)9-4-10(15(12(16)5-9)19-24(21)22)7-23-14-3-2-11(17)6-13(14)18/h2-6,19H,7H2,1H3,(H,21,22). The van der Waals surface area contributed by atoms with Crippen molar-refractivity contribution < 1.29 is 27.1 Å². The lowest BCUT2D eigenvalue weighted by Crippen LogP contribution is -2.09. The number of carbonyl (C=O) groups is 1. The number of rotatable bonds is 6. The summed E-state index contributed by atoms with van der Waals surface area (Å²) in [6.45, 7) is 1.07. The molecule has 0 saturated carbocycles. The van der Waals surface area contributed by atoms with Gasteiger partial charge in [-0.25, -0.2) is 13.0 Å². The summed E-state index contributed by atoms with van der Waals surface area (Å²) in [4.78, 5) is 11.5. The van der Waals surface area contributed by atoms with Gasteiger partial charge in [0.25, 0.3) is 11.3 Å². The number of anilines is 1. The van der Waals surface area contributed by atoms with Crippen LogP contribution in [0.5, 0.6) is 5.75 Å². The molecule has 0 spiro atoms. The summed E-state index contributed by atoms with van der Waals surface area (Å²) in [7, 11) is 0. The van der Waals surface area contributed by atoms with Gasteiger partial charge >= 0.3 is 0 Å². The van der Waals surface area contributed by atoms with Crippen LogP contribution in [0.3, 0.4) is 0 Å². The van der Waals surface area contributed by atoms with Crippen LogP contribution in [0.25, 0.3) is 0 Å². The molecule has 0 aromatic heterocycles. The van der Waals surface area contributed by atoms with E-state index < -0.39 is 22.9 Å². The Kier molecular flexibility index (Phi) is 5.87. The zero-order chi connectivity index (χ0) is 17.9. The van der Waals surface area contributed by atoms with Crippen LogP contribution in [0, 0.1) is 11.6 Å². The van der Waals surface area contributed by atoms with Crippen molar-refractivity contribution in [3.05, 3.63) is 58.1 Å². The number of ether oxygens (including phenoxy) is 1. The summed E-state index contributed by atoms with van der Waals surface area (Å²) < 4.78 is 53.9. The van der Waals surface area contributed by atoms with Gasteiger partial charge in [0.1, 0.15) is 12.4 Å². The van der Waals surface area contributed by atoms with Crippen LogP contribution >= 0.6 is 11.6 Å². The Hall–Kier alpha value is -2.03. The van der Waals surface area contributed by atoms with E-state index in [2.05, 4.69) is 4.72 Å². The highest BCUT2D eigenvalue weighted by atomic mass is 35.5. The average molecular weight is 376 g/mol. The summed E-state index contributed by atoms with van der Waals surface area (Å²) >= 11 is 3.61. The predicted octanol–water partition coefficient (Wildman–Crippen LogP) is 3.95. The van der Waals surface area contributed by atoms with Gasteiger partial charge in [-0.1, -0.05) is 11.6 Å². The SMILES string of the molecule is CC(=O)c1cc(Cl)c(NS(=O)O)c(COc2ccc(F)cc2F)c1. The van der Waals surface area contributed by atoms with Gasteiger partial charge in [0.2, 0.25) is 0 Å². The lowest BCUT2D eigenvalue weighted by molar-refractivity contribution is 0.101. The van der Waals surface area contributed by atoms with E-state index in [4.69, 9.17) is 20.9 Å². The quantitative estimate of drug-likeness (QED) is 0.592. The Morgan fingerprint density at radius 1 is 1.33 bits per heavy atom. The van der Waals surface area contributed by atoms with E-state index in [0.29, 0.717) is 6.07 Å². The Bertz CT molecular complexity index is 816. The largest absolute Gasteiger partial charge is 0.486 e. The molecule has 0 aliphatic rings. The zero-order valence-corrected chi connectivity index (χ0v) is 13.9. The molecule has 2 aromatic carbocycles. The lowest BCUT2D eigenvalue weighted by atomic mass is 10.1. The molecule has 9 heteroatoms. The average Bonchev–Trinajstić information content (AvgIpc) is 2.48. The van der Waals surface area contributed by atoms with Crippen LogP contribution in [0.1, 0.15) is 22.8 Å². The Balaban J connectivity index is 2.35. The lowest BCUT2D eigenvalue weighted by Gasteiger charge is -2.14. The summed E-state index contributed by atoms with van der Waals surface area (Å²) in [5.74, 6) is -2.14.